The smallest absolute Gasteiger partial charge is 0.0558 e. The molecular weight excluding hydrogens is 214 g/mol. The van der Waals surface area contributed by atoms with E-state index in [1.54, 1.807) is 0 Å². The van der Waals surface area contributed by atoms with Gasteiger partial charge in [-0.15, -0.1) is 0 Å². The Balaban J connectivity index is 1.96. The van der Waals surface area contributed by atoms with Crippen LogP contribution in [-0.2, 0) is 13.1 Å². The molecule has 0 atom stereocenters. The van der Waals surface area contributed by atoms with Gasteiger partial charge >= 0.3 is 0 Å². The Morgan fingerprint density at radius 1 is 1.47 bits per heavy atom. The lowest BCUT2D eigenvalue weighted by atomic mass is 10.2. The first-order valence-corrected chi connectivity index (χ1v) is 6.69. The highest BCUT2D eigenvalue weighted by atomic mass is 16.3. The fourth-order valence-electron chi connectivity index (χ4n) is 2.68. The number of rotatable bonds is 6. The van der Waals surface area contributed by atoms with Gasteiger partial charge in [-0.3, -0.25) is 9.58 Å². The van der Waals surface area contributed by atoms with Crippen molar-refractivity contribution in [2.45, 2.75) is 51.7 Å². The molecule has 0 saturated heterocycles. The molecule has 0 radical (unpaired) electrons. The molecule has 1 aliphatic carbocycles. The molecule has 1 N–H and O–H groups in total. The first kappa shape index (κ1) is 12.6. The van der Waals surface area contributed by atoms with E-state index >= 15 is 0 Å². The van der Waals surface area contributed by atoms with Crippen molar-refractivity contribution >= 4 is 0 Å². The minimum Gasteiger partial charge on any atom is -0.395 e. The highest BCUT2D eigenvalue weighted by Crippen LogP contribution is 2.24. The van der Waals surface area contributed by atoms with Crippen molar-refractivity contribution in [1.82, 2.24) is 14.7 Å². The molecule has 2 rings (SSSR count). The van der Waals surface area contributed by atoms with Crippen molar-refractivity contribution in [3.8, 4) is 0 Å². The van der Waals surface area contributed by atoms with Gasteiger partial charge < -0.3 is 5.11 Å². The second-order valence-electron chi connectivity index (χ2n) is 4.84. The Kier molecular flexibility index (Phi) is 4.57. The Labute approximate surface area is 103 Å². The van der Waals surface area contributed by atoms with Crippen LogP contribution in [0, 0.1) is 0 Å². The van der Waals surface area contributed by atoms with Crippen molar-refractivity contribution in [3.05, 3.63) is 18.0 Å². The highest BCUT2D eigenvalue weighted by molar-refractivity contribution is 5.04. The molecular formula is C13H23N3O. The van der Waals surface area contributed by atoms with Crippen molar-refractivity contribution in [2.24, 2.45) is 0 Å². The van der Waals surface area contributed by atoms with Crippen LogP contribution in [0.3, 0.4) is 0 Å². The lowest BCUT2D eigenvalue weighted by Crippen LogP contribution is -2.34. The van der Waals surface area contributed by atoms with Gasteiger partial charge in [-0.1, -0.05) is 12.8 Å². The van der Waals surface area contributed by atoms with Crippen LogP contribution in [0.25, 0.3) is 0 Å². The van der Waals surface area contributed by atoms with E-state index in [-0.39, 0.29) is 6.61 Å². The minimum absolute atomic E-state index is 0.248. The molecule has 1 aromatic rings. The SMILES string of the molecule is CCn1cc(CN(CCO)C2CCCC2)cn1. The van der Waals surface area contributed by atoms with Crippen molar-refractivity contribution < 1.29 is 5.11 Å². The van der Waals surface area contributed by atoms with Crippen molar-refractivity contribution in [2.75, 3.05) is 13.2 Å². The molecule has 4 nitrogen and oxygen atoms in total. The van der Waals surface area contributed by atoms with Gasteiger partial charge in [-0.2, -0.15) is 5.10 Å². The molecule has 0 bridgehead atoms. The lowest BCUT2D eigenvalue weighted by molar-refractivity contribution is 0.145. The first-order chi connectivity index (χ1) is 8.33. The Morgan fingerprint density at radius 3 is 2.82 bits per heavy atom. The third-order valence-electron chi connectivity index (χ3n) is 3.62. The second kappa shape index (κ2) is 6.17. The standard InChI is InChI=1S/C13H23N3O/c1-2-16-11-12(9-14-16)10-15(7-8-17)13-5-3-4-6-13/h9,11,13,17H,2-8,10H2,1H3. The summed E-state index contributed by atoms with van der Waals surface area (Å²) < 4.78 is 1.96. The van der Waals surface area contributed by atoms with E-state index in [1.165, 1.54) is 31.2 Å². The number of aliphatic hydroxyl groups excluding tert-OH is 1. The molecule has 0 unspecified atom stereocenters. The summed E-state index contributed by atoms with van der Waals surface area (Å²) in [6.07, 6.45) is 9.29. The van der Waals surface area contributed by atoms with Crippen LogP contribution in [0.4, 0.5) is 0 Å². The number of nitrogens with zero attached hydrogens (tertiary/aromatic N) is 3. The molecule has 0 aliphatic heterocycles. The summed E-state index contributed by atoms with van der Waals surface area (Å²) in [5.74, 6) is 0. The van der Waals surface area contributed by atoms with Crippen LogP contribution >= 0.6 is 0 Å². The van der Waals surface area contributed by atoms with Gasteiger partial charge in [0, 0.05) is 37.4 Å². The normalized spacial score (nSPS) is 17.1. The number of aromatic nitrogens is 2. The molecule has 0 aromatic carbocycles. The summed E-state index contributed by atoms with van der Waals surface area (Å²) in [5.41, 5.74) is 1.26. The molecule has 0 spiro atoms. The molecule has 1 aliphatic rings. The zero-order chi connectivity index (χ0) is 12.1. The van der Waals surface area contributed by atoms with E-state index in [1.807, 2.05) is 10.9 Å². The molecule has 1 heterocycles. The van der Waals surface area contributed by atoms with Gasteiger partial charge in [0.15, 0.2) is 0 Å². The number of aryl methyl sites for hydroxylation is 1. The minimum atomic E-state index is 0.248. The fraction of sp³-hybridized carbons (Fsp3) is 0.769. The van der Waals surface area contributed by atoms with Gasteiger partial charge in [-0.25, -0.2) is 0 Å². The van der Waals surface area contributed by atoms with E-state index in [0.717, 1.165) is 19.6 Å². The molecule has 1 aromatic heterocycles. The van der Waals surface area contributed by atoms with Crippen LogP contribution in [0.1, 0.15) is 38.2 Å². The van der Waals surface area contributed by atoms with Gasteiger partial charge in [0.05, 0.1) is 12.8 Å². The third-order valence-corrected chi connectivity index (χ3v) is 3.62. The van der Waals surface area contributed by atoms with Gasteiger partial charge in [0.25, 0.3) is 0 Å². The Morgan fingerprint density at radius 2 is 2.24 bits per heavy atom. The summed E-state index contributed by atoms with van der Waals surface area (Å²) in [7, 11) is 0. The topological polar surface area (TPSA) is 41.3 Å². The average Bonchev–Trinajstić information content (AvgIpc) is 2.99. The van der Waals surface area contributed by atoms with E-state index in [4.69, 9.17) is 5.11 Å². The first-order valence-electron chi connectivity index (χ1n) is 6.69. The third kappa shape index (κ3) is 3.30. The van der Waals surface area contributed by atoms with E-state index in [0.29, 0.717) is 6.04 Å². The second-order valence-corrected chi connectivity index (χ2v) is 4.84. The largest absolute Gasteiger partial charge is 0.395 e. The van der Waals surface area contributed by atoms with Crippen LogP contribution < -0.4 is 0 Å². The predicted octanol–water partition coefficient (Wildman–Crippen LogP) is 1.64. The molecule has 96 valence electrons. The van der Waals surface area contributed by atoms with E-state index in [2.05, 4.69) is 23.1 Å². The van der Waals surface area contributed by atoms with Crippen molar-refractivity contribution in [1.29, 1.82) is 0 Å². The lowest BCUT2D eigenvalue weighted by Gasteiger charge is -2.27. The van der Waals surface area contributed by atoms with Crippen LogP contribution in [0.5, 0.6) is 0 Å². The molecule has 0 amide bonds. The average molecular weight is 237 g/mol. The van der Waals surface area contributed by atoms with E-state index in [9.17, 15) is 0 Å². The van der Waals surface area contributed by atoms with Crippen LogP contribution in [0.15, 0.2) is 12.4 Å². The molecule has 1 fully saturated rings. The maximum atomic E-state index is 9.16. The van der Waals surface area contributed by atoms with E-state index < -0.39 is 0 Å². The maximum Gasteiger partial charge on any atom is 0.0558 e. The summed E-state index contributed by atoms with van der Waals surface area (Å²) in [5, 5.41) is 13.5. The van der Waals surface area contributed by atoms with Gasteiger partial charge in [-0.05, 0) is 19.8 Å². The van der Waals surface area contributed by atoms with Crippen LogP contribution in [-0.4, -0.2) is 39.0 Å². The number of hydrogen-bond donors (Lipinski definition) is 1. The summed E-state index contributed by atoms with van der Waals surface area (Å²) >= 11 is 0. The highest BCUT2D eigenvalue weighted by Gasteiger charge is 2.22. The zero-order valence-corrected chi connectivity index (χ0v) is 10.7. The van der Waals surface area contributed by atoms with Crippen molar-refractivity contribution in [3.63, 3.8) is 0 Å². The van der Waals surface area contributed by atoms with Gasteiger partial charge in [0.2, 0.25) is 0 Å². The summed E-state index contributed by atoms with van der Waals surface area (Å²) in [6, 6.07) is 0.659. The quantitative estimate of drug-likeness (QED) is 0.818. The zero-order valence-electron chi connectivity index (χ0n) is 10.7. The van der Waals surface area contributed by atoms with Gasteiger partial charge in [0.1, 0.15) is 0 Å². The molecule has 1 saturated carbocycles. The fourth-order valence-corrected chi connectivity index (χ4v) is 2.68. The van der Waals surface area contributed by atoms with Crippen LogP contribution in [0.2, 0.25) is 0 Å². The Bertz CT molecular complexity index is 331. The number of hydrogen-bond acceptors (Lipinski definition) is 3. The number of aliphatic hydroxyl groups is 1. The molecule has 17 heavy (non-hydrogen) atoms. The summed E-state index contributed by atoms with van der Waals surface area (Å²) in [6.45, 7) is 4.97. The summed E-state index contributed by atoms with van der Waals surface area (Å²) in [4.78, 5) is 2.41. The maximum absolute atomic E-state index is 9.16. The monoisotopic (exact) mass is 237 g/mol. The Hall–Kier alpha value is -0.870. The predicted molar refractivity (Wildman–Crippen MR) is 67.7 cm³/mol. The molecule has 4 heteroatoms.